The zero-order chi connectivity index (χ0) is 19.9. The predicted molar refractivity (Wildman–Crippen MR) is 90.7 cm³/mol. The summed E-state index contributed by atoms with van der Waals surface area (Å²) in [6.45, 7) is -0.535. The molecule has 1 saturated heterocycles. The van der Waals surface area contributed by atoms with E-state index in [0.717, 1.165) is 10.9 Å². The van der Waals surface area contributed by atoms with E-state index in [2.05, 4.69) is 31.1 Å². The molecule has 1 fully saturated rings. The fraction of sp³-hybridized carbons (Fsp3) is 0.500. The Kier molecular flexibility index (Phi) is 5.68. The topological polar surface area (TPSA) is 195 Å². The molecule has 3 heterocycles. The Morgan fingerprint density at radius 2 is 2.26 bits per heavy atom. The van der Waals surface area contributed by atoms with E-state index in [0.29, 0.717) is 0 Å². The minimum atomic E-state index is -4.85. The maximum absolute atomic E-state index is 14.3. The SMILES string of the molecule is Nc1nc2c(ncn2[C@@H]2O[C@H](CO[P+](=S)OP(=O)(O)O)[C@H](F)C2O)c(=O)[nH]1. The summed E-state index contributed by atoms with van der Waals surface area (Å²) in [4.78, 5) is 39.1. The van der Waals surface area contributed by atoms with Crippen LogP contribution in [0.2, 0.25) is 0 Å². The van der Waals surface area contributed by atoms with Crippen LogP contribution in [0.3, 0.4) is 0 Å². The van der Waals surface area contributed by atoms with Crippen molar-refractivity contribution in [3.8, 4) is 0 Å². The van der Waals surface area contributed by atoms with Crippen molar-refractivity contribution < 1.29 is 37.4 Å². The molecule has 13 nitrogen and oxygen atoms in total. The Balaban J connectivity index is 1.77. The quantitative estimate of drug-likeness (QED) is 0.349. The number of imidazole rings is 1. The lowest BCUT2D eigenvalue weighted by Gasteiger charge is -2.16. The van der Waals surface area contributed by atoms with Gasteiger partial charge in [-0.2, -0.15) is 4.98 Å². The highest BCUT2D eigenvalue weighted by Gasteiger charge is 2.47. The molecule has 1 aliphatic heterocycles. The van der Waals surface area contributed by atoms with Gasteiger partial charge in [0.1, 0.15) is 18.8 Å². The molecule has 0 spiro atoms. The van der Waals surface area contributed by atoms with E-state index in [9.17, 15) is 18.9 Å². The third-order valence-electron chi connectivity index (χ3n) is 3.53. The van der Waals surface area contributed by atoms with Gasteiger partial charge >= 0.3 is 15.0 Å². The van der Waals surface area contributed by atoms with Crippen molar-refractivity contribution in [1.82, 2.24) is 19.5 Å². The highest BCUT2D eigenvalue weighted by Crippen LogP contribution is 2.48. The van der Waals surface area contributed by atoms with Crippen LogP contribution in [0.1, 0.15) is 6.23 Å². The number of nitrogens with one attached hydrogen (secondary N) is 1. The van der Waals surface area contributed by atoms with E-state index in [4.69, 9.17) is 24.8 Å². The van der Waals surface area contributed by atoms with Crippen molar-refractivity contribution in [2.75, 3.05) is 12.3 Å². The number of hydrogen-bond donors (Lipinski definition) is 5. The largest absolute Gasteiger partial charge is 0.532 e. The zero-order valence-electron chi connectivity index (χ0n) is 13.1. The summed E-state index contributed by atoms with van der Waals surface area (Å²) in [5.41, 5.74) is 4.75. The van der Waals surface area contributed by atoms with E-state index < -0.39 is 51.7 Å². The molecule has 0 amide bonds. The molecule has 0 radical (unpaired) electrons. The lowest BCUT2D eigenvalue weighted by molar-refractivity contribution is -0.0457. The molecule has 0 bridgehead atoms. The summed E-state index contributed by atoms with van der Waals surface area (Å²) in [6, 6.07) is 0. The van der Waals surface area contributed by atoms with E-state index in [1.807, 2.05) is 0 Å². The van der Waals surface area contributed by atoms with Crippen molar-refractivity contribution in [3.05, 3.63) is 16.7 Å². The van der Waals surface area contributed by atoms with E-state index >= 15 is 0 Å². The number of aliphatic hydroxyl groups excluding tert-OH is 1. The van der Waals surface area contributed by atoms with Gasteiger partial charge in [0.15, 0.2) is 23.6 Å². The highest BCUT2D eigenvalue weighted by atomic mass is 32.4. The maximum atomic E-state index is 14.3. The highest BCUT2D eigenvalue weighted by molar-refractivity contribution is 8.02. The second kappa shape index (κ2) is 7.54. The van der Waals surface area contributed by atoms with Crippen LogP contribution >= 0.6 is 15.0 Å². The number of fused-ring (bicyclic) bond motifs is 1. The number of rotatable bonds is 6. The average molecular weight is 444 g/mol. The third kappa shape index (κ3) is 4.37. The van der Waals surface area contributed by atoms with Crippen LogP contribution in [0.5, 0.6) is 0 Å². The molecule has 0 aromatic carbocycles. The van der Waals surface area contributed by atoms with Crippen LogP contribution in [0.15, 0.2) is 11.1 Å². The number of aliphatic hydroxyl groups is 1. The summed E-state index contributed by atoms with van der Waals surface area (Å²) in [5, 5.41) is 10.1. The number of nitrogen functional groups attached to an aromatic ring is 1. The lowest BCUT2D eigenvalue weighted by atomic mass is 10.1. The minimum Gasteiger partial charge on any atom is -0.385 e. The van der Waals surface area contributed by atoms with Gasteiger partial charge in [-0.05, 0) is 4.31 Å². The van der Waals surface area contributed by atoms with Gasteiger partial charge in [0.25, 0.3) is 5.56 Å². The molecule has 0 aliphatic carbocycles. The van der Waals surface area contributed by atoms with Crippen LogP contribution in [0.4, 0.5) is 10.3 Å². The van der Waals surface area contributed by atoms with Gasteiger partial charge < -0.3 is 25.4 Å². The van der Waals surface area contributed by atoms with E-state index in [1.54, 1.807) is 0 Å². The Morgan fingerprint density at radius 1 is 1.56 bits per heavy atom. The second-order valence-corrected chi connectivity index (χ2v) is 8.60. The standard InChI is InChI=1S/C10H12FN5O8P2S/c11-4-3(1-22-25(27)24-26(19,20)21)23-9(6(4)17)16-2-13-5-7(16)14-10(12)15-8(5)18/h2-4,6,9,17H,1H2,(H4-,12,14,15,18,19,20,21)/p+1/t3-,4+,6?,9-/m1/s1. The first-order chi connectivity index (χ1) is 12.6. The van der Waals surface area contributed by atoms with E-state index in [1.165, 1.54) is 0 Å². The van der Waals surface area contributed by atoms with Gasteiger partial charge in [-0.15, -0.1) is 4.52 Å². The Morgan fingerprint density at radius 3 is 2.93 bits per heavy atom. The molecule has 0 saturated carbocycles. The van der Waals surface area contributed by atoms with Crippen molar-refractivity contribution in [3.63, 3.8) is 0 Å². The number of aromatic nitrogens is 4. The molecule has 27 heavy (non-hydrogen) atoms. The number of phosphoric acid groups is 1. The smallest absolute Gasteiger partial charge is 0.385 e. The van der Waals surface area contributed by atoms with Crippen LogP contribution in [0.25, 0.3) is 11.2 Å². The predicted octanol–water partition coefficient (Wildman–Crippen LogP) is -0.802. The van der Waals surface area contributed by atoms with Crippen LogP contribution < -0.4 is 11.3 Å². The fourth-order valence-corrected chi connectivity index (χ4v) is 4.56. The molecule has 2 aromatic rings. The molecule has 2 aromatic heterocycles. The summed E-state index contributed by atoms with van der Waals surface area (Å²) < 4.78 is 40.6. The average Bonchev–Trinajstić information content (AvgIpc) is 3.07. The number of aromatic amines is 1. The Bertz CT molecular complexity index is 980. The Hall–Kier alpha value is -1.41. The molecule has 6 N–H and O–H groups in total. The lowest BCUT2D eigenvalue weighted by Crippen LogP contribution is -2.29. The van der Waals surface area contributed by atoms with Gasteiger partial charge in [0.05, 0.1) is 6.33 Å². The number of nitrogens with zero attached hydrogens (tertiary/aromatic N) is 3. The summed E-state index contributed by atoms with van der Waals surface area (Å²) in [5.74, 6) is -0.204. The molecular weight excluding hydrogens is 431 g/mol. The molecular formula is C10H13FN5O8P2S+. The number of alkyl halides is 1. The minimum absolute atomic E-state index is 0.0237. The zero-order valence-corrected chi connectivity index (χ0v) is 15.7. The number of hydrogen-bond acceptors (Lipinski definition) is 10. The summed E-state index contributed by atoms with van der Waals surface area (Å²) >= 11 is 4.60. The normalized spacial score (nSPS) is 26.6. The number of H-pyrrole nitrogens is 1. The second-order valence-electron chi connectivity index (χ2n) is 5.37. The number of ether oxygens (including phenoxy) is 1. The van der Waals surface area contributed by atoms with Gasteiger partial charge in [-0.1, -0.05) is 0 Å². The maximum Gasteiger partial charge on any atom is 0.532 e. The molecule has 148 valence electrons. The fourth-order valence-electron chi connectivity index (χ4n) is 2.45. The number of nitrogens with two attached hydrogens (primary N) is 1. The molecule has 5 atom stereocenters. The Labute approximate surface area is 155 Å². The monoisotopic (exact) mass is 444 g/mol. The van der Waals surface area contributed by atoms with Crippen molar-refractivity contribution in [1.29, 1.82) is 0 Å². The molecule has 17 heteroatoms. The van der Waals surface area contributed by atoms with Gasteiger partial charge in [-0.25, -0.2) is 13.9 Å². The van der Waals surface area contributed by atoms with Crippen LogP contribution in [0, 0.1) is 0 Å². The number of halogens is 1. The van der Waals surface area contributed by atoms with Crippen LogP contribution in [-0.2, 0) is 29.9 Å². The third-order valence-corrected chi connectivity index (χ3v) is 6.19. The molecule has 1 aliphatic rings. The summed E-state index contributed by atoms with van der Waals surface area (Å²) in [6.07, 6.45) is -5.09. The van der Waals surface area contributed by atoms with Gasteiger partial charge in [0, 0.05) is 0 Å². The number of anilines is 1. The van der Waals surface area contributed by atoms with Crippen molar-refractivity contribution >= 4 is 43.9 Å². The summed E-state index contributed by atoms with van der Waals surface area (Å²) in [7, 11) is -7.26. The first-order valence-corrected chi connectivity index (χ1v) is 10.8. The van der Waals surface area contributed by atoms with Gasteiger partial charge in [0.2, 0.25) is 17.8 Å². The first-order valence-electron chi connectivity index (χ1n) is 7.12. The van der Waals surface area contributed by atoms with Crippen molar-refractivity contribution in [2.45, 2.75) is 24.6 Å². The van der Waals surface area contributed by atoms with E-state index in [-0.39, 0.29) is 17.1 Å². The molecule has 2 unspecified atom stereocenters. The molecule has 3 rings (SSSR count). The van der Waals surface area contributed by atoms with Gasteiger partial charge in [-0.3, -0.25) is 14.3 Å². The first kappa shape index (κ1) is 20.3. The van der Waals surface area contributed by atoms with Crippen LogP contribution in [-0.4, -0.2) is 59.4 Å². The van der Waals surface area contributed by atoms with Crippen molar-refractivity contribution in [2.24, 2.45) is 0 Å².